The summed E-state index contributed by atoms with van der Waals surface area (Å²) < 4.78 is 5.30. The van der Waals surface area contributed by atoms with E-state index < -0.39 is 0 Å². The van der Waals surface area contributed by atoms with Crippen molar-refractivity contribution in [1.82, 2.24) is 0 Å². The highest BCUT2D eigenvalue weighted by Gasteiger charge is 2.11. The number of hydrogen-bond acceptors (Lipinski definition) is 3. The van der Waals surface area contributed by atoms with Gasteiger partial charge in [0, 0.05) is 7.05 Å². The van der Waals surface area contributed by atoms with Gasteiger partial charge in [-0.3, -0.25) is 0 Å². The van der Waals surface area contributed by atoms with Crippen molar-refractivity contribution in [2.45, 2.75) is 0 Å². The van der Waals surface area contributed by atoms with Crippen LogP contribution in [0.5, 0.6) is 11.5 Å². The Morgan fingerprint density at radius 3 is 2.18 bits per heavy atom. The van der Waals surface area contributed by atoms with E-state index in [0.717, 1.165) is 17.1 Å². The van der Waals surface area contributed by atoms with Crippen LogP contribution in [0.1, 0.15) is 0 Å². The number of hydrogen-bond donors (Lipinski definition) is 1. The fraction of sp³-hybridized carbons (Fsp3) is 0.143. The van der Waals surface area contributed by atoms with Gasteiger partial charge in [-0.1, -0.05) is 24.3 Å². The Kier molecular flexibility index (Phi) is 3.19. The summed E-state index contributed by atoms with van der Waals surface area (Å²) in [5, 5.41) is 9.82. The summed E-state index contributed by atoms with van der Waals surface area (Å²) in [5.41, 5.74) is 1.66. The van der Waals surface area contributed by atoms with Gasteiger partial charge in [0.05, 0.1) is 18.5 Å². The average Bonchev–Trinajstić information content (AvgIpc) is 2.38. The molecular formula is C14H15NO2. The molecule has 0 fully saturated rings. The minimum atomic E-state index is 0.251. The van der Waals surface area contributed by atoms with E-state index in [1.165, 1.54) is 0 Å². The van der Waals surface area contributed by atoms with Crippen molar-refractivity contribution in [2.24, 2.45) is 0 Å². The van der Waals surface area contributed by atoms with Gasteiger partial charge in [0.15, 0.2) is 0 Å². The van der Waals surface area contributed by atoms with Gasteiger partial charge < -0.3 is 14.7 Å². The zero-order chi connectivity index (χ0) is 12.3. The van der Waals surface area contributed by atoms with Crippen molar-refractivity contribution < 1.29 is 9.84 Å². The molecule has 0 aliphatic rings. The van der Waals surface area contributed by atoms with Gasteiger partial charge in [0.1, 0.15) is 11.5 Å². The summed E-state index contributed by atoms with van der Waals surface area (Å²) in [7, 11) is 3.53. The first-order valence-electron chi connectivity index (χ1n) is 5.39. The largest absolute Gasteiger partial charge is 0.506 e. The maximum atomic E-state index is 9.82. The second-order valence-electron chi connectivity index (χ2n) is 3.72. The topological polar surface area (TPSA) is 32.7 Å². The molecule has 0 saturated carbocycles. The first-order valence-corrected chi connectivity index (χ1v) is 5.39. The molecule has 2 rings (SSSR count). The highest BCUT2D eigenvalue weighted by Crippen LogP contribution is 2.36. The molecule has 0 heterocycles. The predicted molar refractivity (Wildman–Crippen MR) is 69.2 cm³/mol. The summed E-state index contributed by atoms with van der Waals surface area (Å²) in [4.78, 5) is 1.90. The Morgan fingerprint density at radius 1 is 0.941 bits per heavy atom. The fourth-order valence-electron chi connectivity index (χ4n) is 1.78. The Morgan fingerprint density at radius 2 is 1.53 bits per heavy atom. The van der Waals surface area contributed by atoms with Crippen LogP contribution in [0.3, 0.4) is 0 Å². The molecule has 0 radical (unpaired) electrons. The van der Waals surface area contributed by atoms with Gasteiger partial charge >= 0.3 is 0 Å². The molecule has 0 amide bonds. The Hall–Kier alpha value is -2.16. The molecule has 2 aromatic rings. The molecule has 0 saturated heterocycles. The Balaban J connectivity index is 2.44. The van der Waals surface area contributed by atoms with Gasteiger partial charge in [-0.25, -0.2) is 0 Å². The molecule has 0 atom stereocenters. The van der Waals surface area contributed by atoms with Gasteiger partial charge in [-0.2, -0.15) is 0 Å². The van der Waals surface area contributed by atoms with Gasteiger partial charge in [0.2, 0.25) is 0 Å². The first-order chi connectivity index (χ1) is 8.24. The summed E-state index contributed by atoms with van der Waals surface area (Å²) in [6.07, 6.45) is 0. The van der Waals surface area contributed by atoms with E-state index in [0.29, 0.717) is 0 Å². The van der Waals surface area contributed by atoms with Crippen LogP contribution in [-0.2, 0) is 0 Å². The number of rotatable bonds is 3. The number of anilines is 2. The normalized spacial score (nSPS) is 10.0. The minimum absolute atomic E-state index is 0.251. The average molecular weight is 229 g/mol. The number of benzene rings is 2. The first kappa shape index (κ1) is 11.3. The molecule has 0 unspecified atom stereocenters. The second-order valence-corrected chi connectivity index (χ2v) is 3.72. The molecule has 3 heteroatoms. The van der Waals surface area contributed by atoms with E-state index in [9.17, 15) is 5.11 Å². The molecule has 0 bridgehead atoms. The van der Waals surface area contributed by atoms with Gasteiger partial charge in [0.25, 0.3) is 0 Å². The number of phenolic OH excluding ortho intramolecular Hbond substituents is 1. The maximum Gasteiger partial charge on any atom is 0.142 e. The summed E-state index contributed by atoms with van der Waals surface area (Å²) >= 11 is 0. The molecule has 0 aliphatic heterocycles. The lowest BCUT2D eigenvalue weighted by Gasteiger charge is -2.22. The minimum Gasteiger partial charge on any atom is -0.506 e. The van der Waals surface area contributed by atoms with Crippen LogP contribution in [0.25, 0.3) is 0 Å². The van der Waals surface area contributed by atoms with Crippen molar-refractivity contribution in [1.29, 1.82) is 0 Å². The van der Waals surface area contributed by atoms with Crippen LogP contribution in [0, 0.1) is 0 Å². The zero-order valence-electron chi connectivity index (χ0n) is 9.92. The quantitative estimate of drug-likeness (QED) is 0.877. The SMILES string of the molecule is COc1ccccc1N(C)c1ccccc1O. The van der Waals surface area contributed by atoms with Crippen molar-refractivity contribution in [2.75, 3.05) is 19.1 Å². The van der Waals surface area contributed by atoms with E-state index >= 15 is 0 Å². The number of para-hydroxylation sites is 4. The van der Waals surface area contributed by atoms with E-state index in [1.54, 1.807) is 19.2 Å². The van der Waals surface area contributed by atoms with Crippen LogP contribution in [0.15, 0.2) is 48.5 Å². The van der Waals surface area contributed by atoms with Crippen molar-refractivity contribution in [3.05, 3.63) is 48.5 Å². The third-order valence-corrected chi connectivity index (χ3v) is 2.69. The predicted octanol–water partition coefficient (Wildman–Crippen LogP) is 3.17. The van der Waals surface area contributed by atoms with Gasteiger partial charge in [-0.05, 0) is 24.3 Å². The van der Waals surface area contributed by atoms with Crippen molar-refractivity contribution in [3.63, 3.8) is 0 Å². The third-order valence-electron chi connectivity index (χ3n) is 2.69. The van der Waals surface area contributed by atoms with Crippen molar-refractivity contribution in [3.8, 4) is 11.5 Å². The number of aromatic hydroxyl groups is 1. The van der Waals surface area contributed by atoms with Crippen LogP contribution in [0.2, 0.25) is 0 Å². The zero-order valence-corrected chi connectivity index (χ0v) is 9.92. The van der Waals surface area contributed by atoms with Crippen LogP contribution in [0.4, 0.5) is 11.4 Å². The van der Waals surface area contributed by atoms with E-state index in [-0.39, 0.29) is 5.75 Å². The third kappa shape index (κ3) is 2.18. The molecule has 0 spiro atoms. The van der Waals surface area contributed by atoms with Crippen LogP contribution >= 0.6 is 0 Å². The standard InChI is InChI=1S/C14H15NO2/c1-15(11-7-3-5-9-13(11)16)12-8-4-6-10-14(12)17-2/h3-10,16H,1-2H3. The molecule has 88 valence electrons. The van der Waals surface area contributed by atoms with Crippen molar-refractivity contribution >= 4 is 11.4 Å². The van der Waals surface area contributed by atoms with E-state index in [4.69, 9.17) is 4.74 Å². The highest BCUT2D eigenvalue weighted by atomic mass is 16.5. The summed E-state index contributed by atoms with van der Waals surface area (Å²) in [5.74, 6) is 1.03. The molecule has 1 N–H and O–H groups in total. The van der Waals surface area contributed by atoms with E-state index in [1.807, 2.05) is 48.3 Å². The lowest BCUT2D eigenvalue weighted by Crippen LogP contribution is -2.10. The molecule has 17 heavy (non-hydrogen) atoms. The molecule has 2 aromatic carbocycles. The molecule has 0 aromatic heterocycles. The molecule has 3 nitrogen and oxygen atoms in total. The maximum absolute atomic E-state index is 9.82. The Labute approximate surface area is 101 Å². The summed E-state index contributed by atoms with van der Waals surface area (Å²) in [6.45, 7) is 0. The number of phenols is 1. The smallest absolute Gasteiger partial charge is 0.142 e. The van der Waals surface area contributed by atoms with Crippen LogP contribution in [-0.4, -0.2) is 19.3 Å². The Bertz CT molecular complexity index is 511. The highest BCUT2D eigenvalue weighted by molar-refractivity contribution is 5.72. The fourth-order valence-corrected chi connectivity index (χ4v) is 1.78. The number of nitrogens with zero attached hydrogens (tertiary/aromatic N) is 1. The lowest BCUT2D eigenvalue weighted by atomic mass is 10.2. The lowest BCUT2D eigenvalue weighted by molar-refractivity contribution is 0.415. The van der Waals surface area contributed by atoms with Crippen LogP contribution < -0.4 is 9.64 Å². The molecule has 0 aliphatic carbocycles. The molecular weight excluding hydrogens is 214 g/mol. The number of methoxy groups -OCH3 is 1. The number of ether oxygens (including phenoxy) is 1. The summed E-state index contributed by atoms with van der Waals surface area (Å²) in [6, 6.07) is 14.9. The van der Waals surface area contributed by atoms with Gasteiger partial charge in [-0.15, -0.1) is 0 Å². The van der Waals surface area contributed by atoms with E-state index in [2.05, 4.69) is 0 Å². The monoisotopic (exact) mass is 229 g/mol. The second kappa shape index (κ2) is 4.78.